The maximum absolute atomic E-state index is 14.2. The zero-order valence-corrected chi connectivity index (χ0v) is 16.0. The van der Waals surface area contributed by atoms with E-state index >= 15 is 0 Å². The monoisotopic (exact) mass is 437 g/mol. The van der Waals surface area contributed by atoms with E-state index in [1.54, 1.807) is 18.2 Å². The molecule has 0 unspecified atom stereocenters. The maximum atomic E-state index is 14.2. The van der Waals surface area contributed by atoms with Crippen LogP contribution in [-0.2, 0) is 10.0 Å². The normalized spacial score (nSPS) is 11.0. The molecule has 0 radical (unpaired) electrons. The molecule has 0 fully saturated rings. The van der Waals surface area contributed by atoms with E-state index in [0.29, 0.717) is 0 Å². The Kier molecular flexibility index (Phi) is 5.80. The first kappa shape index (κ1) is 20.3. The Morgan fingerprint density at radius 3 is 2.55 bits per heavy atom. The van der Waals surface area contributed by atoms with Crippen LogP contribution >= 0.6 is 11.6 Å². The number of nitrogens with one attached hydrogen (secondary N) is 2. The molecule has 29 heavy (non-hydrogen) atoms. The number of carbonyl (C=O) groups excluding carboxylic acids is 1. The maximum Gasteiger partial charge on any atom is 0.409 e. The summed E-state index contributed by atoms with van der Waals surface area (Å²) in [7, 11) is -3.97. The van der Waals surface area contributed by atoms with Gasteiger partial charge < -0.3 is 15.8 Å². The van der Waals surface area contributed by atoms with Crippen molar-refractivity contribution >= 4 is 44.9 Å². The second kappa shape index (κ2) is 8.29. The number of halogens is 2. The predicted octanol–water partition coefficient (Wildman–Crippen LogP) is 3.27. The first-order valence-corrected chi connectivity index (χ1v) is 9.75. The number of nitrogens with zero attached hydrogens (tertiary/aromatic N) is 2. The van der Waals surface area contributed by atoms with Crippen molar-refractivity contribution in [3.63, 3.8) is 0 Å². The number of hydrogen-bond donors (Lipinski definition) is 3. The molecule has 1 heterocycles. The summed E-state index contributed by atoms with van der Waals surface area (Å²) in [6.07, 6.45) is 0.0451. The molecule has 1 aromatic heterocycles. The lowest BCUT2D eigenvalue weighted by atomic mass is 10.3. The van der Waals surface area contributed by atoms with E-state index in [2.05, 4.69) is 20.0 Å². The highest BCUT2D eigenvalue weighted by atomic mass is 35.5. The number of carbonyl (C=O) groups is 1. The molecule has 3 rings (SSSR count). The van der Waals surface area contributed by atoms with Gasteiger partial charge in [-0.3, -0.25) is 4.72 Å². The van der Waals surface area contributed by atoms with Gasteiger partial charge in [0.2, 0.25) is 5.28 Å². The largest absolute Gasteiger partial charge is 0.410 e. The SMILES string of the molecule is NC(=O)Oc1ccc(F)c(Nc2nc(Cl)ncc2NS(=O)(=O)c2ccccc2)c1. The Labute approximate surface area is 169 Å². The molecule has 0 aliphatic carbocycles. The molecule has 0 spiro atoms. The fraction of sp³-hybridized carbons (Fsp3) is 0. The standard InChI is InChI=1S/C17H13ClFN5O4S/c18-16-21-9-14(24-29(26,27)11-4-2-1-3-5-11)15(23-16)22-13-8-10(28-17(20)25)6-7-12(13)19/h1-9,24H,(H2,20,25)(H,21,22,23). The summed E-state index contributed by atoms with van der Waals surface area (Å²) in [4.78, 5) is 18.5. The van der Waals surface area contributed by atoms with Gasteiger partial charge in [0.25, 0.3) is 10.0 Å². The van der Waals surface area contributed by atoms with Gasteiger partial charge in [0.15, 0.2) is 5.82 Å². The van der Waals surface area contributed by atoms with Crippen LogP contribution in [-0.4, -0.2) is 24.5 Å². The third kappa shape index (κ3) is 5.09. The lowest BCUT2D eigenvalue weighted by Crippen LogP contribution is -2.16. The number of nitrogens with two attached hydrogens (primary N) is 1. The molecule has 0 aliphatic heterocycles. The summed E-state index contributed by atoms with van der Waals surface area (Å²) in [6, 6.07) is 11.0. The summed E-state index contributed by atoms with van der Waals surface area (Å²) in [5.41, 5.74) is 4.69. The van der Waals surface area contributed by atoms with Crippen molar-refractivity contribution in [2.24, 2.45) is 5.73 Å². The fourth-order valence-corrected chi connectivity index (χ4v) is 3.45. The van der Waals surface area contributed by atoms with Crippen molar-refractivity contribution in [3.05, 3.63) is 65.8 Å². The smallest absolute Gasteiger partial charge is 0.409 e. The van der Waals surface area contributed by atoms with E-state index in [0.717, 1.165) is 18.3 Å². The van der Waals surface area contributed by atoms with Crippen molar-refractivity contribution in [1.82, 2.24) is 9.97 Å². The minimum Gasteiger partial charge on any atom is -0.410 e. The number of ether oxygens (including phenoxy) is 1. The summed E-state index contributed by atoms with van der Waals surface area (Å²) >= 11 is 5.79. The molecular weight excluding hydrogens is 425 g/mol. The first-order chi connectivity index (χ1) is 13.7. The lowest BCUT2D eigenvalue weighted by Gasteiger charge is -2.14. The van der Waals surface area contributed by atoms with Crippen LogP contribution in [0.2, 0.25) is 5.28 Å². The van der Waals surface area contributed by atoms with Crippen LogP contribution in [0.5, 0.6) is 5.75 Å². The molecular formula is C17H13ClFN5O4S. The van der Waals surface area contributed by atoms with E-state index in [1.807, 2.05) is 0 Å². The van der Waals surface area contributed by atoms with Crippen molar-refractivity contribution in [2.75, 3.05) is 10.0 Å². The summed E-state index contributed by atoms with van der Waals surface area (Å²) in [5.74, 6) is -0.888. The summed E-state index contributed by atoms with van der Waals surface area (Å²) in [5, 5.41) is 2.39. The lowest BCUT2D eigenvalue weighted by molar-refractivity contribution is 0.211. The number of rotatable bonds is 6. The van der Waals surface area contributed by atoms with Gasteiger partial charge >= 0.3 is 6.09 Å². The van der Waals surface area contributed by atoms with Crippen molar-refractivity contribution in [3.8, 4) is 5.75 Å². The third-order valence-electron chi connectivity index (χ3n) is 3.47. The van der Waals surface area contributed by atoms with Crippen LogP contribution in [0.25, 0.3) is 0 Å². The first-order valence-electron chi connectivity index (χ1n) is 7.89. The van der Waals surface area contributed by atoms with Crippen LogP contribution in [0.4, 0.5) is 26.4 Å². The summed E-state index contributed by atoms with van der Waals surface area (Å²) < 4.78 is 46.3. The van der Waals surface area contributed by atoms with Crippen LogP contribution < -0.4 is 20.5 Å². The van der Waals surface area contributed by atoms with E-state index < -0.39 is 21.9 Å². The molecule has 4 N–H and O–H groups in total. The number of primary amides is 1. The minimum atomic E-state index is -3.97. The Morgan fingerprint density at radius 1 is 1.14 bits per heavy atom. The Bertz CT molecular complexity index is 1160. The van der Waals surface area contributed by atoms with Crippen molar-refractivity contribution in [2.45, 2.75) is 4.90 Å². The second-order valence-corrected chi connectivity index (χ2v) is 7.53. The van der Waals surface area contributed by atoms with E-state index in [9.17, 15) is 17.6 Å². The average Bonchev–Trinajstić information content (AvgIpc) is 2.67. The fourth-order valence-electron chi connectivity index (χ4n) is 2.24. The third-order valence-corrected chi connectivity index (χ3v) is 5.03. The highest BCUT2D eigenvalue weighted by molar-refractivity contribution is 7.92. The van der Waals surface area contributed by atoms with Crippen molar-refractivity contribution in [1.29, 1.82) is 0 Å². The second-order valence-electron chi connectivity index (χ2n) is 5.51. The number of benzene rings is 2. The number of sulfonamides is 1. The zero-order valence-electron chi connectivity index (χ0n) is 14.5. The molecule has 1 amide bonds. The average molecular weight is 438 g/mol. The van der Waals surface area contributed by atoms with Gasteiger partial charge in [-0.15, -0.1) is 0 Å². The van der Waals surface area contributed by atoms with Gasteiger partial charge in [0, 0.05) is 6.07 Å². The quantitative estimate of drug-likeness (QED) is 0.503. The van der Waals surface area contributed by atoms with Crippen LogP contribution in [0.15, 0.2) is 59.6 Å². The van der Waals surface area contributed by atoms with E-state index in [4.69, 9.17) is 22.1 Å². The van der Waals surface area contributed by atoms with Crippen LogP contribution in [0, 0.1) is 5.82 Å². The van der Waals surface area contributed by atoms with Crippen LogP contribution in [0.3, 0.4) is 0 Å². The molecule has 0 atom stereocenters. The molecule has 12 heteroatoms. The number of hydrogen-bond acceptors (Lipinski definition) is 7. The highest BCUT2D eigenvalue weighted by Gasteiger charge is 2.18. The molecule has 2 aromatic carbocycles. The van der Waals surface area contributed by atoms with Crippen molar-refractivity contribution < 1.29 is 22.3 Å². The molecule has 150 valence electrons. The molecule has 3 aromatic rings. The Morgan fingerprint density at radius 2 is 1.86 bits per heavy atom. The molecule has 0 aliphatic rings. The Balaban J connectivity index is 1.95. The molecule has 0 bridgehead atoms. The zero-order chi connectivity index (χ0) is 21.0. The van der Waals surface area contributed by atoms with Gasteiger partial charge in [-0.1, -0.05) is 18.2 Å². The number of amides is 1. The van der Waals surface area contributed by atoms with Crippen LogP contribution in [0.1, 0.15) is 0 Å². The molecule has 0 saturated heterocycles. The highest BCUT2D eigenvalue weighted by Crippen LogP contribution is 2.29. The van der Waals surface area contributed by atoms with Gasteiger partial charge in [-0.2, -0.15) is 4.98 Å². The van der Waals surface area contributed by atoms with Gasteiger partial charge in [-0.25, -0.2) is 22.6 Å². The molecule has 0 saturated carbocycles. The van der Waals surface area contributed by atoms with Gasteiger partial charge in [0.1, 0.15) is 17.3 Å². The van der Waals surface area contributed by atoms with E-state index in [1.165, 1.54) is 18.2 Å². The Hall–Kier alpha value is -3.44. The predicted molar refractivity (Wildman–Crippen MR) is 104 cm³/mol. The van der Waals surface area contributed by atoms with E-state index in [-0.39, 0.29) is 33.1 Å². The number of anilines is 3. The van der Waals surface area contributed by atoms with Gasteiger partial charge in [0.05, 0.1) is 16.8 Å². The minimum absolute atomic E-state index is 0.00364. The molecule has 9 nitrogen and oxygen atoms in total. The van der Waals surface area contributed by atoms with Gasteiger partial charge in [-0.05, 0) is 35.9 Å². The summed E-state index contributed by atoms with van der Waals surface area (Å²) in [6.45, 7) is 0. The topological polar surface area (TPSA) is 136 Å². The number of aromatic nitrogens is 2.